The van der Waals surface area contributed by atoms with Gasteiger partial charge in [0.25, 0.3) is 0 Å². The molecular formula is C23H43N. The lowest BCUT2D eigenvalue weighted by Crippen LogP contribution is -2.56. The number of unbranched alkanes of at least 4 members (excludes halogenated alkanes) is 1. The molecule has 1 nitrogen and oxygen atoms in total. The number of hydrogen-bond acceptors (Lipinski definition) is 1. The van der Waals surface area contributed by atoms with E-state index in [9.17, 15) is 0 Å². The van der Waals surface area contributed by atoms with Gasteiger partial charge in [-0.25, -0.2) is 0 Å². The minimum Gasteiger partial charge on any atom is -0.297 e. The average molecular weight is 334 g/mol. The third-order valence-electron chi connectivity index (χ3n) is 8.56. The van der Waals surface area contributed by atoms with E-state index in [0.29, 0.717) is 5.41 Å². The second-order valence-corrected chi connectivity index (χ2v) is 9.81. The first-order valence-corrected chi connectivity index (χ1v) is 11.3. The second kappa shape index (κ2) is 7.68. The smallest absolute Gasteiger partial charge is 0.0126 e. The first-order valence-electron chi connectivity index (χ1n) is 11.3. The number of rotatable bonds is 6. The molecule has 0 radical (unpaired) electrons. The maximum absolute atomic E-state index is 3.02. The van der Waals surface area contributed by atoms with Crippen molar-refractivity contribution in [1.29, 1.82) is 0 Å². The van der Waals surface area contributed by atoms with Gasteiger partial charge in [-0.05, 0) is 87.0 Å². The molecule has 0 aromatic rings. The fourth-order valence-electron chi connectivity index (χ4n) is 7.14. The van der Waals surface area contributed by atoms with Gasteiger partial charge in [-0.1, -0.05) is 47.5 Å². The van der Waals surface area contributed by atoms with Gasteiger partial charge < -0.3 is 0 Å². The largest absolute Gasteiger partial charge is 0.297 e. The number of hydrogen-bond donors (Lipinski definition) is 0. The molecule has 0 aromatic heterocycles. The van der Waals surface area contributed by atoms with E-state index in [1.807, 2.05) is 0 Å². The Hall–Kier alpha value is -0.0400. The van der Waals surface area contributed by atoms with Crippen LogP contribution in [-0.4, -0.2) is 23.5 Å². The SMILES string of the molecule is CCCCC1C2CCC(C)C(C(C)C)(CC2)C2CC(C2)N1CCC. The van der Waals surface area contributed by atoms with E-state index in [2.05, 4.69) is 39.5 Å². The minimum absolute atomic E-state index is 0.656. The molecule has 0 amide bonds. The summed E-state index contributed by atoms with van der Waals surface area (Å²) in [6.07, 6.45) is 14.7. The van der Waals surface area contributed by atoms with Gasteiger partial charge in [0.15, 0.2) is 0 Å². The maximum Gasteiger partial charge on any atom is 0.0126 e. The van der Waals surface area contributed by atoms with Crippen LogP contribution in [0, 0.1) is 29.1 Å². The van der Waals surface area contributed by atoms with Crippen LogP contribution < -0.4 is 0 Å². The molecule has 2 aliphatic heterocycles. The maximum atomic E-state index is 3.02. The van der Waals surface area contributed by atoms with Crippen molar-refractivity contribution in [3.05, 3.63) is 0 Å². The van der Waals surface area contributed by atoms with Crippen molar-refractivity contribution in [1.82, 2.24) is 4.90 Å². The molecule has 0 aromatic carbocycles. The Morgan fingerprint density at radius 2 is 1.79 bits per heavy atom. The van der Waals surface area contributed by atoms with Crippen LogP contribution in [0.3, 0.4) is 0 Å². The molecule has 140 valence electrons. The van der Waals surface area contributed by atoms with Gasteiger partial charge in [-0.2, -0.15) is 0 Å². The Kier molecular flexibility index (Phi) is 6.00. The van der Waals surface area contributed by atoms with Crippen molar-refractivity contribution in [2.24, 2.45) is 29.1 Å². The second-order valence-electron chi connectivity index (χ2n) is 9.81. The highest BCUT2D eigenvalue weighted by Gasteiger charge is 2.55. The van der Waals surface area contributed by atoms with Crippen molar-refractivity contribution in [2.75, 3.05) is 6.54 Å². The lowest BCUT2D eigenvalue weighted by Gasteiger charge is -2.57. The predicted octanol–water partition coefficient (Wildman–Crippen LogP) is 6.52. The predicted molar refractivity (Wildman–Crippen MR) is 105 cm³/mol. The van der Waals surface area contributed by atoms with Gasteiger partial charge in [-0.3, -0.25) is 4.90 Å². The Bertz CT molecular complexity index is 397. The Morgan fingerprint density at radius 1 is 1.04 bits per heavy atom. The van der Waals surface area contributed by atoms with Gasteiger partial charge in [0, 0.05) is 12.1 Å². The summed E-state index contributed by atoms with van der Waals surface area (Å²) in [6, 6.07) is 1.81. The Morgan fingerprint density at radius 3 is 2.42 bits per heavy atom. The van der Waals surface area contributed by atoms with E-state index < -0.39 is 0 Å². The lowest BCUT2D eigenvalue weighted by molar-refractivity contribution is -0.0761. The highest BCUT2D eigenvalue weighted by atomic mass is 15.2. The molecule has 4 aliphatic rings. The summed E-state index contributed by atoms with van der Waals surface area (Å²) >= 11 is 0. The molecule has 0 spiro atoms. The summed E-state index contributed by atoms with van der Waals surface area (Å²) in [5.41, 5.74) is 0.656. The van der Waals surface area contributed by atoms with E-state index >= 15 is 0 Å². The van der Waals surface area contributed by atoms with Crippen LogP contribution in [0.25, 0.3) is 0 Å². The molecule has 4 fully saturated rings. The van der Waals surface area contributed by atoms with E-state index in [1.165, 1.54) is 70.8 Å². The van der Waals surface area contributed by atoms with Gasteiger partial charge in [0.05, 0.1) is 0 Å². The third-order valence-corrected chi connectivity index (χ3v) is 8.56. The van der Waals surface area contributed by atoms with E-state index in [4.69, 9.17) is 0 Å². The molecule has 24 heavy (non-hydrogen) atoms. The Balaban J connectivity index is 1.91. The van der Waals surface area contributed by atoms with Crippen LogP contribution in [0.4, 0.5) is 0 Å². The van der Waals surface area contributed by atoms with Crippen LogP contribution in [0.1, 0.15) is 98.8 Å². The lowest BCUT2D eigenvalue weighted by atomic mass is 9.52. The highest BCUT2D eigenvalue weighted by molar-refractivity contribution is 5.06. The standard InChI is InChI=1S/C23H43N/c1-6-8-9-22-19-11-10-18(5)23(13-12-19,17(3)4)20-15-21(16-20)24(22)14-7-2/h17-22H,6-16H2,1-5H3. The first kappa shape index (κ1) is 18.7. The van der Waals surface area contributed by atoms with E-state index in [1.54, 1.807) is 0 Å². The van der Waals surface area contributed by atoms with Crippen molar-refractivity contribution in [3.8, 4) is 0 Å². The molecule has 2 aliphatic carbocycles. The van der Waals surface area contributed by atoms with Crippen molar-refractivity contribution < 1.29 is 0 Å². The van der Waals surface area contributed by atoms with Crippen LogP contribution >= 0.6 is 0 Å². The minimum atomic E-state index is 0.656. The molecular weight excluding hydrogens is 290 g/mol. The van der Waals surface area contributed by atoms with Gasteiger partial charge >= 0.3 is 0 Å². The van der Waals surface area contributed by atoms with Crippen molar-refractivity contribution in [3.63, 3.8) is 0 Å². The molecule has 4 atom stereocenters. The summed E-state index contributed by atoms with van der Waals surface area (Å²) in [7, 11) is 0. The molecule has 2 heterocycles. The monoisotopic (exact) mass is 333 g/mol. The molecule has 2 saturated heterocycles. The molecule has 2 saturated carbocycles. The number of nitrogens with zero attached hydrogens (tertiary/aromatic N) is 1. The third kappa shape index (κ3) is 3.08. The van der Waals surface area contributed by atoms with Crippen molar-refractivity contribution in [2.45, 2.75) is 111 Å². The van der Waals surface area contributed by atoms with E-state index in [0.717, 1.165) is 35.8 Å². The van der Waals surface area contributed by atoms with Crippen molar-refractivity contribution >= 4 is 0 Å². The molecule has 4 unspecified atom stereocenters. The van der Waals surface area contributed by atoms with Crippen LogP contribution in [-0.2, 0) is 0 Å². The summed E-state index contributed by atoms with van der Waals surface area (Å²) in [4.78, 5) is 3.02. The summed E-state index contributed by atoms with van der Waals surface area (Å²) in [5, 5.41) is 0. The molecule has 4 bridgehead atoms. The van der Waals surface area contributed by atoms with Gasteiger partial charge in [0.1, 0.15) is 0 Å². The normalized spacial score (nSPS) is 43.0. The highest BCUT2D eigenvalue weighted by Crippen LogP contribution is 2.60. The first-order chi connectivity index (χ1) is 11.5. The summed E-state index contributed by atoms with van der Waals surface area (Å²) in [6.45, 7) is 13.8. The topological polar surface area (TPSA) is 3.24 Å². The number of fused-ring (bicyclic) bond motifs is 1. The zero-order chi connectivity index (χ0) is 17.3. The van der Waals surface area contributed by atoms with Crippen LogP contribution in [0.5, 0.6) is 0 Å². The van der Waals surface area contributed by atoms with Gasteiger partial charge in [0.2, 0.25) is 0 Å². The quantitative estimate of drug-likeness (QED) is 0.535. The Labute approximate surface area is 152 Å². The van der Waals surface area contributed by atoms with Crippen LogP contribution in [0.15, 0.2) is 0 Å². The summed E-state index contributed by atoms with van der Waals surface area (Å²) < 4.78 is 0. The summed E-state index contributed by atoms with van der Waals surface area (Å²) in [5.74, 6) is 3.80. The van der Waals surface area contributed by atoms with Crippen LogP contribution in [0.2, 0.25) is 0 Å². The fourth-order valence-corrected chi connectivity index (χ4v) is 7.14. The van der Waals surface area contributed by atoms with Gasteiger partial charge in [-0.15, -0.1) is 0 Å². The van der Waals surface area contributed by atoms with E-state index in [-0.39, 0.29) is 0 Å². The molecule has 0 N–H and O–H groups in total. The molecule has 4 rings (SSSR count). The fraction of sp³-hybridized carbons (Fsp3) is 1.00. The zero-order valence-electron chi connectivity index (χ0n) is 17.2. The average Bonchev–Trinajstić information content (AvgIpc) is 2.61. The zero-order valence-corrected chi connectivity index (χ0v) is 17.2. The molecule has 1 heteroatoms.